The first-order chi connectivity index (χ1) is 8.24. The molecule has 3 nitrogen and oxygen atoms in total. The molecule has 0 aromatic heterocycles. The number of likely N-dealkylation sites (tertiary alicyclic amines) is 1. The first kappa shape index (κ1) is 13.3. The topological polar surface area (TPSA) is 35.5 Å². The van der Waals surface area contributed by atoms with E-state index in [2.05, 4.69) is 17.3 Å². The van der Waals surface area contributed by atoms with E-state index in [-0.39, 0.29) is 5.54 Å². The Bertz CT molecular complexity index is 228. The van der Waals surface area contributed by atoms with Crippen LogP contribution in [0.5, 0.6) is 0 Å². The number of nitrogens with one attached hydrogen (secondary N) is 1. The Morgan fingerprint density at radius 1 is 1.12 bits per heavy atom. The zero-order valence-corrected chi connectivity index (χ0v) is 11.2. The fraction of sp³-hybridized carbons (Fsp3) is 1.00. The molecule has 0 aromatic rings. The quantitative estimate of drug-likeness (QED) is 0.789. The van der Waals surface area contributed by atoms with Gasteiger partial charge in [0.2, 0.25) is 0 Å². The van der Waals surface area contributed by atoms with E-state index in [0.717, 1.165) is 19.4 Å². The highest BCUT2D eigenvalue weighted by molar-refractivity contribution is 4.93. The molecule has 0 bridgehead atoms. The van der Waals surface area contributed by atoms with E-state index >= 15 is 0 Å². The summed E-state index contributed by atoms with van der Waals surface area (Å²) in [5.74, 6) is 0. The summed E-state index contributed by atoms with van der Waals surface area (Å²) in [6, 6.07) is 0.652. The van der Waals surface area contributed by atoms with Crippen LogP contribution in [-0.4, -0.2) is 48.3 Å². The van der Waals surface area contributed by atoms with E-state index in [1.165, 1.54) is 45.1 Å². The van der Waals surface area contributed by atoms with Crippen molar-refractivity contribution < 1.29 is 5.11 Å². The van der Waals surface area contributed by atoms with Gasteiger partial charge in [-0.05, 0) is 52.2 Å². The number of hydrogen-bond acceptors (Lipinski definition) is 3. The molecule has 1 aliphatic heterocycles. The first-order valence-corrected chi connectivity index (χ1v) is 7.31. The summed E-state index contributed by atoms with van der Waals surface area (Å²) < 4.78 is 0. The molecule has 17 heavy (non-hydrogen) atoms. The molecule has 2 aliphatic rings. The van der Waals surface area contributed by atoms with Crippen LogP contribution in [0.1, 0.15) is 51.4 Å². The predicted molar refractivity (Wildman–Crippen MR) is 71.2 cm³/mol. The normalized spacial score (nSPS) is 33.5. The largest absolute Gasteiger partial charge is 0.394 e. The van der Waals surface area contributed by atoms with E-state index in [1.54, 1.807) is 0 Å². The smallest absolute Gasteiger partial charge is 0.0613 e. The highest BCUT2D eigenvalue weighted by Gasteiger charge is 2.33. The summed E-state index contributed by atoms with van der Waals surface area (Å²) in [5, 5.41) is 13.6. The summed E-state index contributed by atoms with van der Waals surface area (Å²) in [7, 11) is 2.19. The van der Waals surface area contributed by atoms with Crippen LogP contribution in [0.2, 0.25) is 0 Å². The predicted octanol–water partition coefficient (Wildman–Crippen LogP) is 1.76. The molecule has 100 valence electrons. The van der Waals surface area contributed by atoms with Gasteiger partial charge in [-0.25, -0.2) is 0 Å². The average molecular weight is 240 g/mol. The zero-order chi connectivity index (χ0) is 12.1. The Labute approximate surface area is 106 Å². The number of aliphatic hydroxyl groups is 1. The van der Waals surface area contributed by atoms with E-state index < -0.39 is 0 Å². The average Bonchev–Trinajstić information content (AvgIpc) is 2.54. The minimum Gasteiger partial charge on any atom is -0.394 e. The minimum atomic E-state index is 0.00671. The van der Waals surface area contributed by atoms with Crippen molar-refractivity contribution in [3.8, 4) is 0 Å². The molecule has 1 saturated heterocycles. The van der Waals surface area contributed by atoms with Gasteiger partial charge in [-0.3, -0.25) is 0 Å². The highest BCUT2D eigenvalue weighted by atomic mass is 16.3. The lowest BCUT2D eigenvalue weighted by molar-refractivity contribution is 0.122. The number of rotatable bonds is 3. The molecule has 0 spiro atoms. The summed E-state index contributed by atoms with van der Waals surface area (Å²) in [6.45, 7) is 2.59. The van der Waals surface area contributed by atoms with Crippen LogP contribution in [0.25, 0.3) is 0 Å². The Morgan fingerprint density at radius 3 is 2.59 bits per heavy atom. The summed E-state index contributed by atoms with van der Waals surface area (Å²) in [4.78, 5) is 2.39. The van der Waals surface area contributed by atoms with Crippen molar-refractivity contribution in [1.82, 2.24) is 10.2 Å². The second-order valence-corrected chi connectivity index (χ2v) is 6.07. The minimum absolute atomic E-state index is 0.00671. The van der Waals surface area contributed by atoms with E-state index in [1.807, 2.05) is 0 Å². The van der Waals surface area contributed by atoms with Gasteiger partial charge in [0, 0.05) is 11.6 Å². The molecule has 1 atom stereocenters. The molecular formula is C14H28N2O. The van der Waals surface area contributed by atoms with Gasteiger partial charge in [0.25, 0.3) is 0 Å². The molecule has 0 radical (unpaired) electrons. The van der Waals surface area contributed by atoms with Gasteiger partial charge in [-0.2, -0.15) is 0 Å². The van der Waals surface area contributed by atoms with Crippen LogP contribution in [0, 0.1) is 0 Å². The summed E-state index contributed by atoms with van der Waals surface area (Å²) in [6.07, 6.45) is 10.2. The molecule has 1 heterocycles. The van der Waals surface area contributed by atoms with Crippen molar-refractivity contribution in [2.24, 2.45) is 0 Å². The molecule has 0 amide bonds. The van der Waals surface area contributed by atoms with Gasteiger partial charge < -0.3 is 15.3 Å². The summed E-state index contributed by atoms with van der Waals surface area (Å²) in [5.41, 5.74) is 0.00671. The Hall–Kier alpha value is -0.120. The Kier molecular flexibility index (Phi) is 4.83. The van der Waals surface area contributed by atoms with Gasteiger partial charge in [0.15, 0.2) is 0 Å². The third-order valence-electron chi connectivity index (χ3n) is 4.59. The van der Waals surface area contributed by atoms with Crippen LogP contribution in [0.3, 0.4) is 0 Å². The lowest BCUT2D eigenvalue weighted by Crippen LogP contribution is -2.54. The van der Waals surface area contributed by atoms with Crippen molar-refractivity contribution in [3.63, 3.8) is 0 Å². The molecule has 2 N–H and O–H groups in total. The Morgan fingerprint density at radius 2 is 1.88 bits per heavy atom. The molecule has 3 heteroatoms. The molecule has 2 fully saturated rings. The highest BCUT2D eigenvalue weighted by Crippen LogP contribution is 2.26. The maximum atomic E-state index is 9.80. The number of nitrogens with zero attached hydrogens (tertiary/aromatic N) is 1. The van der Waals surface area contributed by atoms with Gasteiger partial charge in [0.1, 0.15) is 0 Å². The standard InChI is InChI=1S/C14H28N2O/c1-16-10-5-8-14(12-17,9-11-16)15-13-6-3-2-4-7-13/h13,15,17H,2-12H2,1H3. The molecular weight excluding hydrogens is 212 g/mol. The third-order valence-corrected chi connectivity index (χ3v) is 4.59. The lowest BCUT2D eigenvalue weighted by Gasteiger charge is -2.37. The summed E-state index contributed by atoms with van der Waals surface area (Å²) >= 11 is 0. The van der Waals surface area contributed by atoms with Crippen molar-refractivity contribution in [2.75, 3.05) is 26.7 Å². The molecule has 2 rings (SSSR count). The Balaban J connectivity index is 1.92. The maximum Gasteiger partial charge on any atom is 0.0613 e. The number of hydrogen-bond donors (Lipinski definition) is 2. The van der Waals surface area contributed by atoms with Crippen LogP contribution in [0.4, 0.5) is 0 Å². The molecule has 1 saturated carbocycles. The van der Waals surface area contributed by atoms with Gasteiger partial charge in [-0.15, -0.1) is 0 Å². The molecule has 0 aromatic carbocycles. The lowest BCUT2D eigenvalue weighted by atomic mass is 9.87. The molecule has 1 aliphatic carbocycles. The van der Waals surface area contributed by atoms with Gasteiger partial charge >= 0.3 is 0 Å². The van der Waals surface area contributed by atoms with Crippen molar-refractivity contribution in [3.05, 3.63) is 0 Å². The van der Waals surface area contributed by atoms with Gasteiger partial charge in [0.05, 0.1) is 6.61 Å². The van der Waals surface area contributed by atoms with Crippen molar-refractivity contribution >= 4 is 0 Å². The van der Waals surface area contributed by atoms with E-state index in [4.69, 9.17) is 0 Å². The zero-order valence-electron chi connectivity index (χ0n) is 11.2. The van der Waals surface area contributed by atoms with Crippen LogP contribution < -0.4 is 5.32 Å². The fourth-order valence-electron chi connectivity index (χ4n) is 3.36. The van der Waals surface area contributed by atoms with Crippen molar-refractivity contribution in [2.45, 2.75) is 62.9 Å². The SMILES string of the molecule is CN1CCCC(CO)(NC2CCCCC2)CC1. The van der Waals surface area contributed by atoms with Crippen LogP contribution in [0.15, 0.2) is 0 Å². The van der Waals surface area contributed by atoms with Crippen molar-refractivity contribution in [1.29, 1.82) is 0 Å². The monoisotopic (exact) mass is 240 g/mol. The fourth-order valence-corrected chi connectivity index (χ4v) is 3.36. The maximum absolute atomic E-state index is 9.80. The van der Waals surface area contributed by atoms with E-state index in [9.17, 15) is 5.11 Å². The van der Waals surface area contributed by atoms with Crippen LogP contribution in [-0.2, 0) is 0 Å². The number of aliphatic hydroxyl groups excluding tert-OH is 1. The van der Waals surface area contributed by atoms with E-state index in [0.29, 0.717) is 12.6 Å². The second-order valence-electron chi connectivity index (χ2n) is 6.07. The second kappa shape index (κ2) is 6.17. The van der Waals surface area contributed by atoms with Gasteiger partial charge in [-0.1, -0.05) is 19.3 Å². The third kappa shape index (κ3) is 3.67. The van der Waals surface area contributed by atoms with Crippen LogP contribution >= 0.6 is 0 Å². The first-order valence-electron chi connectivity index (χ1n) is 7.31. The molecule has 1 unspecified atom stereocenters.